The van der Waals surface area contributed by atoms with Gasteiger partial charge in [0.15, 0.2) is 5.82 Å². The molecule has 1 aliphatic rings. The van der Waals surface area contributed by atoms with Gasteiger partial charge in [0.25, 0.3) is 0 Å². The summed E-state index contributed by atoms with van der Waals surface area (Å²) in [6, 6.07) is 8.31. The number of hydrogen-bond acceptors (Lipinski definition) is 7. The van der Waals surface area contributed by atoms with Crippen LogP contribution in [0.5, 0.6) is 0 Å². The van der Waals surface area contributed by atoms with Crippen LogP contribution in [0.1, 0.15) is 44.2 Å². The normalized spacial score (nSPS) is 14.9. The van der Waals surface area contributed by atoms with E-state index < -0.39 is 0 Å². The molecule has 5 heterocycles. The quantitative estimate of drug-likeness (QED) is 0.513. The molecule has 0 aliphatic carbocycles. The summed E-state index contributed by atoms with van der Waals surface area (Å²) < 4.78 is 7.51. The third-order valence-corrected chi connectivity index (χ3v) is 5.64. The van der Waals surface area contributed by atoms with Gasteiger partial charge in [-0.15, -0.1) is 5.10 Å². The van der Waals surface area contributed by atoms with Crippen molar-refractivity contribution in [3.05, 3.63) is 54.6 Å². The Morgan fingerprint density at radius 1 is 1.00 bits per heavy atom. The van der Waals surface area contributed by atoms with Crippen LogP contribution in [0, 0.1) is 0 Å². The van der Waals surface area contributed by atoms with E-state index in [9.17, 15) is 0 Å². The molecule has 8 heteroatoms. The first kappa shape index (κ1) is 19.6. The van der Waals surface area contributed by atoms with Crippen molar-refractivity contribution >= 4 is 22.7 Å². The van der Waals surface area contributed by atoms with Crippen LogP contribution in [0.15, 0.2) is 49.1 Å². The van der Waals surface area contributed by atoms with Crippen molar-refractivity contribution in [3.63, 3.8) is 0 Å². The molecule has 0 saturated carbocycles. The SMILES string of the molecule is CC(C)c1cnnc(Nc2ccc3ncc(-c4cnn(C5CCOCC5)c4)cc3n2)c1. The van der Waals surface area contributed by atoms with Gasteiger partial charge in [0.1, 0.15) is 5.82 Å². The van der Waals surface area contributed by atoms with E-state index >= 15 is 0 Å². The van der Waals surface area contributed by atoms with E-state index in [0.29, 0.717) is 23.6 Å². The zero-order valence-electron chi connectivity index (χ0n) is 17.7. The highest BCUT2D eigenvalue weighted by atomic mass is 16.5. The van der Waals surface area contributed by atoms with Crippen LogP contribution >= 0.6 is 0 Å². The Balaban J connectivity index is 1.40. The van der Waals surface area contributed by atoms with E-state index in [1.807, 2.05) is 35.3 Å². The first-order chi connectivity index (χ1) is 15.2. The Labute approximate surface area is 180 Å². The molecule has 0 spiro atoms. The minimum atomic E-state index is 0.384. The van der Waals surface area contributed by atoms with Crippen molar-refractivity contribution in [2.24, 2.45) is 0 Å². The Morgan fingerprint density at radius 3 is 2.71 bits per heavy atom. The summed E-state index contributed by atoms with van der Waals surface area (Å²) in [4.78, 5) is 9.33. The standard InChI is InChI=1S/C23H25N7O/c1-15(2)16-10-23(29-25-12-16)28-22-4-3-20-21(27-22)9-17(11-24-20)18-13-26-30(14-18)19-5-7-31-8-6-19/h3-4,9-15,19H,5-8H2,1-2H3,(H,27,28,29). The summed E-state index contributed by atoms with van der Waals surface area (Å²) in [6.45, 7) is 5.85. The molecule has 5 rings (SSSR count). The summed E-state index contributed by atoms with van der Waals surface area (Å²) >= 11 is 0. The highest BCUT2D eigenvalue weighted by molar-refractivity contribution is 5.81. The fraction of sp³-hybridized carbons (Fsp3) is 0.348. The van der Waals surface area contributed by atoms with Gasteiger partial charge in [-0.1, -0.05) is 13.8 Å². The van der Waals surface area contributed by atoms with Gasteiger partial charge in [0, 0.05) is 36.7 Å². The fourth-order valence-electron chi connectivity index (χ4n) is 3.76. The van der Waals surface area contributed by atoms with E-state index in [2.05, 4.69) is 51.7 Å². The van der Waals surface area contributed by atoms with Crippen LogP contribution in [-0.4, -0.2) is 43.2 Å². The molecule has 0 radical (unpaired) electrons. The van der Waals surface area contributed by atoms with Gasteiger partial charge < -0.3 is 10.1 Å². The summed E-state index contributed by atoms with van der Waals surface area (Å²) in [5.41, 5.74) is 4.82. The molecular formula is C23H25N7O. The average molecular weight is 416 g/mol. The number of rotatable bonds is 5. The number of hydrogen-bond donors (Lipinski definition) is 1. The van der Waals surface area contributed by atoms with Gasteiger partial charge in [0.2, 0.25) is 0 Å². The molecule has 31 heavy (non-hydrogen) atoms. The average Bonchev–Trinajstić information content (AvgIpc) is 3.30. The molecule has 0 aromatic carbocycles. The number of fused-ring (bicyclic) bond motifs is 1. The molecule has 0 unspecified atom stereocenters. The van der Waals surface area contributed by atoms with Crippen LogP contribution in [0.25, 0.3) is 22.2 Å². The van der Waals surface area contributed by atoms with Crippen molar-refractivity contribution < 1.29 is 4.74 Å². The maximum atomic E-state index is 5.46. The van der Waals surface area contributed by atoms with E-state index in [1.165, 1.54) is 0 Å². The summed E-state index contributed by atoms with van der Waals surface area (Å²) in [7, 11) is 0. The van der Waals surface area contributed by atoms with Crippen LogP contribution in [0.4, 0.5) is 11.6 Å². The first-order valence-electron chi connectivity index (χ1n) is 10.6. The Kier molecular flexibility index (Phi) is 5.30. The second-order valence-electron chi connectivity index (χ2n) is 8.17. The molecule has 8 nitrogen and oxygen atoms in total. The number of pyridine rings is 2. The second kappa shape index (κ2) is 8.39. The highest BCUT2D eigenvalue weighted by Gasteiger charge is 2.17. The lowest BCUT2D eigenvalue weighted by Gasteiger charge is -2.22. The van der Waals surface area contributed by atoms with E-state index in [-0.39, 0.29) is 0 Å². The number of anilines is 2. The lowest BCUT2D eigenvalue weighted by Crippen LogP contribution is -2.19. The maximum absolute atomic E-state index is 5.46. The fourth-order valence-corrected chi connectivity index (χ4v) is 3.76. The maximum Gasteiger partial charge on any atom is 0.154 e. The van der Waals surface area contributed by atoms with Crippen LogP contribution in [0.3, 0.4) is 0 Å². The van der Waals surface area contributed by atoms with Gasteiger partial charge in [-0.05, 0) is 48.6 Å². The summed E-state index contributed by atoms with van der Waals surface area (Å²) in [5, 5.41) is 16.1. The lowest BCUT2D eigenvalue weighted by atomic mass is 10.1. The number of aromatic nitrogens is 6. The predicted octanol–water partition coefficient (Wildman–Crippen LogP) is 4.50. The summed E-state index contributed by atoms with van der Waals surface area (Å²) in [5.74, 6) is 1.77. The smallest absolute Gasteiger partial charge is 0.154 e. The molecule has 0 bridgehead atoms. The molecule has 0 atom stereocenters. The number of nitrogens with zero attached hydrogens (tertiary/aromatic N) is 6. The molecule has 1 N–H and O–H groups in total. The van der Waals surface area contributed by atoms with Crippen LogP contribution in [0.2, 0.25) is 0 Å². The molecule has 1 saturated heterocycles. The Morgan fingerprint density at radius 2 is 1.87 bits per heavy atom. The predicted molar refractivity (Wildman–Crippen MR) is 119 cm³/mol. The van der Waals surface area contributed by atoms with Crippen molar-refractivity contribution in [2.75, 3.05) is 18.5 Å². The van der Waals surface area contributed by atoms with Gasteiger partial charge >= 0.3 is 0 Å². The monoisotopic (exact) mass is 415 g/mol. The van der Waals surface area contributed by atoms with Crippen molar-refractivity contribution in [2.45, 2.75) is 38.6 Å². The Hall–Kier alpha value is -3.39. The van der Waals surface area contributed by atoms with E-state index in [4.69, 9.17) is 9.72 Å². The summed E-state index contributed by atoms with van der Waals surface area (Å²) in [6.07, 6.45) is 9.64. The third-order valence-electron chi connectivity index (χ3n) is 5.64. The van der Waals surface area contributed by atoms with Gasteiger partial charge in [-0.3, -0.25) is 9.67 Å². The molecule has 4 aromatic heterocycles. The molecule has 1 aliphatic heterocycles. The molecule has 158 valence electrons. The zero-order chi connectivity index (χ0) is 21.2. The van der Waals surface area contributed by atoms with Crippen molar-refractivity contribution in [1.29, 1.82) is 0 Å². The zero-order valence-corrected chi connectivity index (χ0v) is 17.7. The van der Waals surface area contributed by atoms with Crippen LogP contribution in [-0.2, 0) is 4.74 Å². The minimum absolute atomic E-state index is 0.384. The van der Waals surface area contributed by atoms with Gasteiger partial charge in [-0.2, -0.15) is 10.2 Å². The third kappa shape index (κ3) is 4.25. The largest absolute Gasteiger partial charge is 0.381 e. The van der Waals surface area contributed by atoms with E-state index in [1.54, 1.807) is 6.20 Å². The molecule has 0 amide bonds. The molecule has 4 aromatic rings. The number of ether oxygens (including phenoxy) is 1. The van der Waals surface area contributed by atoms with Crippen molar-refractivity contribution in [1.82, 2.24) is 29.9 Å². The molecule has 1 fully saturated rings. The van der Waals surface area contributed by atoms with Crippen LogP contribution < -0.4 is 5.32 Å². The minimum Gasteiger partial charge on any atom is -0.381 e. The topological polar surface area (TPSA) is 90.6 Å². The number of nitrogens with one attached hydrogen (secondary N) is 1. The lowest BCUT2D eigenvalue weighted by molar-refractivity contribution is 0.0662. The first-order valence-corrected chi connectivity index (χ1v) is 10.6. The van der Waals surface area contributed by atoms with Gasteiger partial charge in [-0.25, -0.2) is 4.98 Å². The molecular weight excluding hydrogens is 390 g/mol. The van der Waals surface area contributed by atoms with Gasteiger partial charge in [0.05, 0.1) is 29.5 Å². The highest BCUT2D eigenvalue weighted by Crippen LogP contribution is 2.26. The Bertz CT molecular complexity index is 1200. The second-order valence-corrected chi connectivity index (χ2v) is 8.17. The van der Waals surface area contributed by atoms with E-state index in [0.717, 1.165) is 53.8 Å². The van der Waals surface area contributed by atoms with Crippen molar-refractivity contribution in [3.8, 4) is 11.1 Å².